The number of carbonyl (C=O) groups excluding carboxylic acids is 3. The fraction of sp³-hybridized carbons (Fsp3) is 0.565. The average Bonchev–Trinajstić information content (AvgIpc) is 2.87. The molecule has 2 aliphatic heterocycles. The van der Waals surface area contributed by atoms with Crippen molar-refractivity contribution < 1.29 is 38.1 Å². The van der Waals surface area contributed by atoms with Gasteiger partial charge in [0.2, 0.25) is 17.6 Å². The minimum absolute atomic E-state index is 0.122. The second-order valence-electron chi connectivity index (χ2n) is 7.75. The van der Waals surface area contributed by atoms with Gasteiger partial charge in [-0.3, -0.25) is 14.9 Å². The number of guanidine groups is 1. The lowest BCUT2D eigenvalue weighted by molar-refractivity contribution is -0.153. The van der Waals surface area contributed by atoms with Gasteiger partial charge in [-0.05, 0) is 31.5 Å². The summed E-state index contributed by atoms with van der Waals surface area (Å²) in [5.74, 6) is -0.977. The standard InChI is InChI=1S/C23H32N4O8/c1-6-34-21(29)17-18(14-12-15(31-3)19(33-5)16(13-14)32-4)24-22(25-20(17)28)26-8-10-27(11-9-26)23(30)35-7-2/h12-13,17-18H,6-11H2,1-5H3,(H,24,25,28)/t17-,18-/m1/s1. The summed E-state index contributed by atoms with van der Waals surface area (Å²) in [5.41, 5.74) is 0.523. The number of ether oxygens (including phenoxy) is 5. The topological polar surface area (TPSA) is 128 Å². The first-order chi connectivity index (χ1) is 16.9. The van der Waals surface area contributed by atoms with Gasteiger partial charge in [0.1, 0.15) is 6.04 Å². The van der Waals surface area contributed by atoms with E-state index in [1.165, 1.54) is 21.3 Å². The largest absolute Gasteiger partial charge is 0.493 e. The van der Waals surface area contributed by atoms with Gasteiger partial charge >= 0.3 is 12.1 Å². The van der Waals surface area contributed by atoms with Gasteiger partial charge in [-0.25, -0.2) is 9.79 Å². The van der Waals surface area contributed by atoms with Gasteiger partial charge in [-0.2, -0.15) is 0 Å². The molecule has 0 aliphatic carbocycles. The van der Waals surface area contributed by atoms with Crippen LogP contribution in [0.1, 0.15) is 25.5 Å². The molecule has 192 valence electrons. The van der Waals surface area contributed by atoms with Crippen molar-refractivity contribution in [1.29, 1.82) is 0 Å². The monoisotopic (exact) mass is 492 g/mol. The third-order valence-electron chi connectivity index (χ3n) is 5.77. The van der Waals surface area contributed by atoms with Gasteiger partial charge in [0, 0.05) is 26.2 Å². The number of nitrogens with zero attached hydrogens (tertiary/aromatic N) is 3. The summed E-state index contributed by atoms with van der Waals surface area (Å²) in [7, 11) is 4.45. The number of benzene rings is 1. The lowest BCUT2D eigenvalue weighted by Crippen LogP contribution is -2.58. The highest BCUT2D eigenvalue weighted by Crippen LogP contribution is 2.42. The Hall–Kier alpha value is -3.70. The molecule has 2 atom stereocenters. The molecule has 0 spiro atoms. The van der Waals surface area contributed by atoms with Gasteiger partial charge in [-0.1, -0.05) is 0 Å². The molecule has 0 radical (unpaired) electrons. The quantitative estimate of drug-likeness (QED) is 0.441. The molecule has 0 bridgehead atoms. The highest BCUT2D eigenvalue weighted by Gasteiger charge is 2.43. The Balaban J connectivity index is 1.97. The Labute approximate surface area is 204 Å². The molecule has 2 aliphatic rings. The summed E-state index contributed by atoms with van der Waals surface area (Å²) in [6, 6.07) is 2.43. The van der Waals surface area contributed by atoms with Crippen molar-refractivity contribution in [1.82, 2.24) is 15.1 Å². The van der Waals surface area contributed by atoms with Crippen LogP contribution in [0.25, 0.3) is 0 Å². The third-order valence-corrected chi connectivity index (χ3v) is 5.77. The van der Waals surface area contributed by atoms with E-state index in [2.05, 4.69) is 5.32 Å². The Bertz CT molecular complexity index is 949. The number of esters is 1. The molecule has 1 fully saturated rings. The third kappa shape index (κ3) is 5.52. The van der Waals surface area contributed by atoms with E-state index in [4.69, 9.17) is 28.7 Å². The number of hydrogen-bond donors (Lipinski definition) is 1. The molecule has 12 heteroatoms. The van der Waals surface area contributed by atoms with Crippen molar-refractivity contribution in [3.05, 3.63) is 17.7 Å². The molecule has 1 aromatic rings. The number of carbonyl (C=O) groups is 3. The molecule has 2 heterocycles. The summed E-state index contributed by atoms with van der Waals surface area (Å²) >= 11 is 0. The maximum atomic E-state index is 13.1. The zero-order valence-corrected chi connectivity index (χ0v) is 20.7. The zero-order chi connectivity index (χ0) is 25.5. The van der Waals surface area contributed by atoms with E-state index in [9.17, 15) is 14.4 Å². The maximum absolute atomic E-state index is 13.1. The van der Waals surface area contributed by atoms with E-state index in [0.29, 0.717) is 61.6 Å². The van der Waals surface area contributed by atoms with E-state index in [0.717, 1.165) is 0 Å². The Kier molecular flexibility index (Phi) is 8.61. The molecule has 0 unspecified atom stereocenters. The number of rotatable bonds is 7. The van der Waals surface area contributed by atoms with E-state index in [-0.39, 0.29) is 12.7 Å². The smallest absolute Gasteiger partial charge is 0.409 e. The highest BCUT2D eigenvalue weighted by molar-refractivity contribution is 6.08. The summed E-state index contributed by atoms with van der Waals surface area (Å²) < 4.78 is 26.5. The van der Waals surface area contributed by atoms with Crippen LogP contribution in [-0.4, -0.2) is 94.5 Å². The minimum Gasteiger partial charge on any atom is -0.493 e. The molecule has 12 nitrogen and oxygen atoms in total. The summed E-state index contributed by atoms with van der Waals surface area (Å²) in [4.78, 5) is 46.2. The first-order valence-corrected chi connectivity index (χ1v) is 11.4. The Morgan fingerprint density at radius 1 is 0.971 bits per heavy atom. The van der Waals surface area contributed by atoms with E-state index < -0.39 is 23.8 Å². The fourth-order valence-electron chi connectivity index (χ4n) is 4.05. The SMILES string of the molecule is CCOC(=O)[C@H]1C(=O)NC(N2CCN(C(=O)OCC)CC2)=N[C@@H]1c1cc(OC)c(OC)c(OC)c1. The van der Waals surface area contributed by atoms with Crippen LogP contribution < -0.4 is 19.5 Å². The van der Waals surface area contributed by atoms with Crippen LogP contribution in [0.3, 0.4) is 0 Å². The summed E-state index contributed by atoms with van der Waals surface area (Å²) in [5, 5.41) is 2.74. The van der Waals surface area contributed by atoms with Crippen LogP contribution >= 0.6 is 0 Å². The second-order valence-corrected chi connectivity index (χ2v) is 7.75. The number of aliphatic imine (C=N–C) groups is 1. The summed E-state index contributed by atoms with van der Waals surface area (Å²) in [6.45, 7) is 5.53. The number of piperazine rings is 1. The molecular formula is C23H32N4O8. The first-order valence-electron chi connectivity index (χ1n) is 11.4. The lowest BCUT2D eigenvalue weighted by atomic mass is 9.90. The number of nitrogens with one attached hydrogen (secondary N) is 1. The van der Waals surface area contributed by atoms with Crippen molar-refractivity contribution in [3.63, 3.8) is 0 Å². The average molecular weight is 493 g/mol. The van der Waals surface area contributed by atoms with Gasteiger partial charge < -0.3 is 33.5 Å². The van der Waals surface area contributed by atoms with Crippen LogP contribution in [0.5, 0.6) is 17.2 Å². The van der Waals surface area contributed by atoms with Crippen LogP contribution in [0.4, 0.5) is 4.79 Å². The van der Waals surface area contributed by atoms with Crippen LogP contribution in [0, 0.1) is 5.92 Å². The van der Waals surface area contributed by atoms with Crippen LogP contribution in [0.2, 0.25) is 0 Å². The predicted molar refractivity (Wildman–Crippen MR) is 125 cm³/mol. The highest BCUT2D eigenvalue weighted by atomic mass is 16.6. The first kappa shape index (κ1) is 25.9. The second kappa shape index (κ2) is 11.6. The molecule has 1 saturated heterocycles. The van der Waals surface area contributed by atoms with Gasteiger partial charge in [0.25, 0.3) is 0 Å². The summed E-state index contributed by atoms with van der Waals surface area (Å²) in [6.07, 6.45) is -0.376. The lowest BCUT2D eigenvalue weighted by Gasteiger charge is -2.38. The van der Waals surface area contributed by atoms with Crippen molar-refractivity contribution in [3.8, 4) is 17.2 Å². The van der Waals surface area contributed by atoms with E-state index in [1.54, 1.807) is 30.9 Å². The number of methoxy groups -OCH3 is 3. The van der Waals surface area contributed by atoms with Crippen molar-refractivity contribution in [2.75, 3.05) is 60.7 Å². The van der Waals surface area contributed by atoms with E-state index >= 15 is 0 Å². The predicted octanol–water partition coefficient (Wildman–Crippen LogP) is 1.19. The van der Waals surface area contributed by atoms with Crippen molar-refractivity contribution in [2.24, 2.45) is 10.9 Å². The van der Waals surface area contributed by atoms with E-state index in [1.807, 2.05) is 4.90 Å². The van der Waals surface area contributed by atoms with Gasteiger partial charge in [-0.15, -0.1) is 0 Å². The molecule has 35 heavy (non-hydrogen) atoms. The normalized spacial score (nSPS) is 19.9. The van der Waals surface area contributed by atoms with Crippen molar-refractivity contribution in [2.45, 2.75) is 19.9 Å². The molecular weight excluding hydrogens is 460 g/mol. The molecule has 0 saturated carbocycles. The molecule has 2 amide bonds. The fourth-order valence-corrected chi connectivity index (χ4v) is 4.05. The van der Waals surface area contributed by atoms with Crippen LogP contribution in [-0.2, 0) is 19.1 Å². The molecule has 0 aromatic heterocycles. The number of hydrogen-bond acceptors (Lipinski definition) is 10. The minimum atomic E-state index is -1.21. The maximum Gasteiger partial charge on any atom is 0.409 e. The van der Waals surface area contributed by atoms with Gasteiger partial charge in [0.15, 0.2) is 17.4 Å². The molecule has 3 rings (SSSR count). The Morgan fingerprint density at radius 2 is 1.57 bits per heavy atom. The molecule has 1 N–H and O–H groups in total. The molecule has 1 aromatic carbocycles. The van der Waals surface area contributed by atoms with Gasteiger partial charge in [0.05, 0.1) is 34.5 Å². The zero-order valence-electron chi connectivity index (χ0n) is 20.7. The van der Waals surface area contributed by atoms with Crippen molar-refractivity contribution >= 4 is 23.9 Å². The number of amides is 2. The van der Waals surface area contributed by atoms with Crippen LogP contribution in [0.15, 0.2) is 17.1 Å². The Morgan fingerprint density at radius 3 is 2.09 bits per heavy atom.